The largest absolute Gasteiger partial charge is 0.374 e. The molecule has 1 aromatic heterocycles. The highest BCUT2D eigenvalue weighted by Crippen LogP contribution is 2.33. The van der Waals surface area contributed by atoms with Crippen LogP contribution in [0, 0.1) is 0 Å². The molecule has 1 aliphatic carbocycles. The van der Waals surface area contributed by atoms with Crippen molar-refractivity contribution < 1.29 is 14.6 Å². The zero-order valence-electron chi connectivity index (χ0n) is 13.4. The van der Waals surface area contributed by atoms with Crippen LogP contribution in [0.25, 0.3) is 0 Å². The molecule has 0 saturated heterocycles. The molecule has 8 nitrogen and oxygen atoms in total. The highest BCUT2D eigenvalue weighted by molar-refractivity contribution is 5.37. The quantitative estimate of drug-likeness (QED) is 0.694. The van der Waals surface area contributed by atoms with E-state index in [4.69, 9.17) is 9.47 Å². The molecule has 1 heterocycles. The molecule has 1 aromatic rings. The van der Waals surface area contributed by atoms with E-state index in [1.807, 2.05) is 0 Å². The van der Waals surface area contributed by atoms with E-state index >= 15 is 0 Å². The van der Waals surface area contributed by atoms with E-state index in [1.54, 1.807) is 26.0 Å². The average Bonchev–Trinajstić information content (AvgIpc) is 3.04. The molecule has 22 heavy (non-hydrogen) atoms. The van der Waals surface area contributed by atoms with Crippen LogP contribution in [-0.2, 0) is 9.47 Å². The Balaban J connectivity index is 2.31. The Kier molecular flexibility index (Phi) is 6.29. The highest BCUT2D eigenvalue weighted by Gasteiger charge is 2.24. The first kappa shape index (κ1) is 16.9. The number of aromatic nitrogens is 3. The average molecular weight is 311 g/mol. The van der Waals surface area contributed by atoms with Crippen molar-refractivity contribution in [2.45, 2.75) is 44.8 Å². The second-order valence-electron chi connectivity index (χ2n) is 5.43. The molecule has 0 bridgehead atoms. The number of aliphatic hydroxyl groups is 1. The highest BCUT2D eigenvalue weighted by atomic mass is 16.5. The molecule has 1 saturated carbocycles. The van der Waals surface area contributed by atoms with Gasteiger partial charge in [-0.2, -0.15) is 15.0 Å². The molecule has 124 valence electrons. The SMILES string of the molecule is COCNc1nc(C2CCCC2)nc(N(COC)C(C)O)n1. The van der Waals surface area contributed by atoms with Gasteiger partial charge in [-0.05, 0) is 19.8 Å². The van der Waals surface area contributed by atoms with Crippen LogP contribution in [0.1, 0.15) is 44.3 Å². The summed E-state index contributed by atoms with van der Waals surface area (Å²) >= 11 is 0. The normalized spacial score (nSPS) is 16.7. The summed E-state index contributed by atoms with van der Waals surface area (Å²) in [6.45, 7) is 2.17. The molecule has 2 rings (SSSR count). The summed E-state index contributed by atoms with van der Waals surface area (Å²) in [5, 5.41) is 12.9. The Morgan fingerprint density at radius 1 is 1.23 bits per heavy atom. The number of aliphatic hydroxyl groups excluding tert-OH is 1. The first-order valence-corrected chi connectivity index (χ1v) is 7.58. The first-order valence-electron chi connectivity index (χ1n) is 7.58. The van der Waals surface area contributed by atoms with Crippen molar-refractivity contribution in [2.75, 3.05) is 37.9 Å². The molecule has 1 aliphatic rings. The van der Waals surface area contributed by atoms with Crippen LogP contribution < -0.4 is 10.2 Å². The smallest absolute Gasteiger partial charge is 0.234 e. The summed E-state index contributed by atoms with van der Waals surface area (Å²) in [5.74, 6) is 1.98. The zero-order valence-corrected chi connectivity index (χ0v) is 13.4. The Labute approximate surface area is 130 Å². The number of methoxy groups -OCH3 is 2. The zero-order chi connectivity index (χ0) is 15.9. The van der Waals surface area contributed by atoms with Crippen LogP contribution in [0.15, 0.2) is 0 Å². The lowest BCUT2D eigenvalue weighted by molar-refractivity contribution is 0.122. The molecule has 1 fully saturated rings. The summed E-state index contributed by atoms with van der Waals surface area (Å²) in [4.78, 5) is 15.0. The lowest BCUT2D eigenvalue weighted by atomic mass is 10.1. The number of nitrogens with one attached hydrogen (secondary N) is 1. The van der Waals surface area contributed by atoms with Crippen LogP contribution in [-0.4, -0.2) is 54.0 Å². The third kappa shape index (κ3) is 4.25. The summed E-state index contributed by atoms with van der Waals surface area (Å²) < 4.78 is 10.1. The van der Waals surface area contributed by atoms with Crippen molar-refractivity contribution in [3.63, 3.8) is 0 Å². The minimum Gasteiger partial charge on any atom is -0.374 e. The van der Waals surface area contributed by atoms with Gasteiger partial charge >= 0.3 is 0 Å². The van der Waals surface area contributed by atoms with Crippen molar-refractivity contribution in [3.05, 3.63) is 5.82 Å². The maximum atomic E-state index is 9.92. The fourth-order valence-electron chi connectivity index (χ4n) is 2.56. The molecule has 0 aliphatic heterocycles. The summed E-state index contributed by atoms with van der Waals surface area (Å²) in [5.41, 5.74) is 0. The molecular weight excluding hydrogens is 286 g/mol. The van der Waals surface area contributed by atoms with Gasteiger partial charge in [0.25, 0.3) is 0 Å². The maximum absolute atomic E-state index is 9.92. The van der Waals surface area contributed by atoms with E-state index in [9.17, 15) is 5.11 Å². The molecule has 0 radical (unpaired) electrons. The number of nitrogens with zero attached hydrogens (tertiary/aromatic N) is 4. The summed E-state index contributed by atoms with van der Waals surface area (Å²) in [6.07, 6.45) is 3.82. The van der Waals surface area contributed by atoms with Gasteiger partial charge in [0.05, 0.1) is 0 Å². The molecular formula is C14H25N5O3. The van der Waals surface area contributed by atoms with Gasteiger partial charge < -0.3 is 19.9 Å². The molecule has 0 aromatic carbocycles. The fraction of sp³-hybridized carbons (Fsp3) is 0.786. The molecule has 1 unspecified atom stereocenters. The van der Waals surface area contributed by atoms with Crippen LogP contribution in [0.2, 0.25) is 0 Å². The molecule has 8 heteroatoms. The van der Waals surface area contributed by atoms with Crippen LogP contribution >= 0.6 is 0 Å². The predicted molar refractivity (Wildman–Crippen MR) is 82.6 cm³/mol. The Morgan fingerprint density at radius 2 is 1.95 bits per heavy atom. The van der Waals surface area contributed by atoms with E-state index in [0.717, 1.165) is 18.7 Å². The molecule has 1 atom stereocenters. The van der Waals surface area contributed by atoms with Gasteiger partial charge in [-0.15, -0.1) is 0 Å². The third-order valence-electron chi connectivity index (χ3n) is 3.71. The second kappa shape index (κ2) is 8.21. The van der Waals surface area contributed by atoms with Gasteiger partial charge in [0, 0.05) is 20.1 Å². The van der Waals surface area contributed by atoms with Crippen LogP contribution in [0.4, 0.5) is 11.9 Å². The Hall–Kier alpha value is -1.51. The van der Waals surface area contributed by atoms with Gasteiger partial charge in [0.2, 0.25) is 11.9 Å². The number of rotatable bonds is 8. The second-order valence-corrected chi connectivity index (χ2v) is 5.43. The van der Waals surface area contributed by atoms with Crippen molar-refractivity contribution in [3.8, 4) is 0 Å². The van der Waals surface area contributed by atoms with Gasteiger partial charge in [0.15, 0.2) is 0 Å². The van der Waals surface area contributed by atoms with Gasteiger partial charge in [-0.3, -0.25) is 4.90 Å². The minimum absolute atomic E-state index is 0.204. The summed E-state index contributed by atoms with van der Waals surface area (Å²) in [7, 11) is 3.17. The molecule has 0 amide bonds. The van der Waals surface area contributed by atoms with E-state index < -0.39 is 6.23 Å². The van der Waals surface area contributed by atoms with Gasteiger partial charge in [0.1, 0.15) is 25.5 Å². The molecule has 0 spiro atoms. The Morgan fingerprint density at radius 3 is 2.55 bits per heavy atom. The maximum Gasteiger partial charge on any atom is 0.234 e. The van der Waals surface area contributed by atoms with E-state index in [-0.39, 0.29) is 6.73 Å². The Bertz CT molecular complexity index is 466. The van der Waals surface area contributed by atoms with E-state index in [2.05, 4.69) is 20.3 Å². The topological polar surface area (TPSA) is 92.6 Å². The van der Waals surface area contributed by atoms with E-state index in [0.29, 0.717) is 24.5 Å². The monoisotopic (exact) mass is 311 g/mol. The van der Waals surface area contributed by atoms with Gasteiger partial charge in [-0.25, -0.2) is 0 Å². The lowest BCUT2D eigenvalue weighted by Crippen LogP contribution is -2.36. The van der Waals surface area contributed by atoms with Gasteiger partial charge in [-0.1, -0.05) is 12.8 Å². The minimum atomic E-state index is -0.756. The van der Waals surface area contributed by atoms with Crippen LogP contribution in [0.5, 0.6) is 0 Å². The number of ether oxygens (including phenoxy) is 2. The molecule has 2 N–H and O–H groups in total. The predicted octanol–water partition coefficient (Wildman–Crippen LogP) is 1.29. The standard InChI is InChI=1S/C14H25N5O3/c1-10(20)19(9-22-3)14-17-12(11-6-4-5-7-11)16-13(18-14)15-8-21-2/h10-11,20H,4-9H2,1-3H3,(H,15,16,17,18). The van der Waals surface area contributed by atoms with Crippen molar-refractivity contribution >= 4 is 11.9 Å². The number of anilines is 2. The van der Waals surface area contributed by atoms with Crippen molar-refractivity contribution in [2.24, 2.45) is 0 Å². The van der Waals surface area contributed by atoms with Crippen molar-refractivity contribution in [1.29, 1.82) is 0 Å². The number of hydrogen-bond acceptors (Lipinski definition) is 8. The summed E-state index contributed by atoms with van der Waals surface area (Å²) in [6, 6.07) is 0. The third-order valence-corrected chi connectivity index (χ3v) is 3.71. The van der Waals surface area contributed by atoms with Crippen LogP contribution in [0.3, 0.4) is 0 Å². The van der Waals surface area contributed by atoms with Crippen molar-refractivity contribution in [1.82, 2.24) is 15.0 Å². The first-order chi connectivity index (χ1) is 10.7. The number of hydrogen-bond donors (Lipinski definition) is 2. The lowest BCUT2D eigenvalue weighted by Gasteiger charge is -2.25. The van der Waals surface area contributed by atoms with E-state index in [1.165, 1.54) is 12.8 Å². The fourth-order valence-corrected chi connectivity index (χ4v) is 2.56.